The van der Waals surface area contributed by atoms with E-state index < -0.39 is 10.0 Å². The Morgan fingerprint density at radius 3 is 2.55 bits per heavy atom. The molecule has 0 spiro atoms. The molecular weight excluding hydrogens is 426 g/mol. The number of thioether (sulfide) groups is 1. The van der Waals surface area contributed by atoms with E-state index in [0.29, 0.717) is 14.6 Å². The number of nitrogens with one attached hydrogen (secondary N) is 1. The Kier molecular flexibility index (Phi) is 5.17. The van der Waals surface area contributed by atoms with Gasteiger partial charge in [-0.1, -0.05) is 22.0 Å². The minimum Gasteiger partial charge on any atom is -0.280 e. The SMILES string of the molecule is CSc1cccc(NS(=O)(=O)c2cc(Br)ccc2Br)c1. The number of hydrogen-bond acceptors (Lipinski definition) is 3. The third-order valence-corrected chi connectivity index (χ3v) is 6.10. The lowest BCUT2D eigenvalue weighted by Gasteiger charge is -2.10. The molecule has 2 rings (SSSR count). The lowest BCUT2D eigenvalue weighted by atomic mass is 10.3. The first-order valence-electron chi connectivity index (χ1n) is 5.54. The minimum atomic E-state index is -3.63. The molecule has 0 radical (unpaired) electrons. The first-order chi connectivity index (χ1) is 9.42. The quantitative estimate of drug-likeness (QED) is 0.704. The van der Waals surface area contributed by atoms with Crippen LogP contribution in [0.25, 0.3) is 0 Å². The highest BCUT2D eigenvalue weighted by Crippen LogP contribution is 2.28. The Morgan fingerprint density at radius 1 is 1.10 bits per heavy atom. The zero-order valence-electron chi connectivity index (χ0n) is 10.4. The molecular formula is C13H11Br2NO2S2. The number of benzene rings is 2. The molecule has 2 aromatic carbocycles. The summed E-state index contributed by atoms with van der Waals surface area (Å²) in [5.74, 6) is 0. The van der Waals surface area contributed by atoms with E-state index in [1.165, 1.54) is 0 Å². The van der Waals surface area contributed by atoms with E-state index in [1.54, 1.807) is 42.1 Å². The molecule has 1 N–H and O–H groups in total. The zero-order valence-corrected chi connectivity index (χ0v) is 15.2. The summed E-state index contributed by atoms with van der Waals surface area (Å²) in [6, 6.07) is 12.3. The maximum absolute atomic E-state index is 12.4. The lowest BCUT2D eigenvalue weighted by molar-refractivity contribution is 0.600. The summed E-state index contributed by atoms with van der Waals surface area (Å²) in [7, 11) is -3.63. The number of sulfonamides is 1. The van der Waals surface area contributed by atoms with E-state index in [9.17, 15) is 8.42 Å². The van der Waals surface area contributed by atoms with Crippen molar-refractivity contribution in [1.82, 2.24) is 0 Å². The summed E-state index contributed by atoms with van der Waals surface area (Å²) < 4.78 is 28.6. The standard InChI is InChI=1S/C13H11Br2NO2S2/c1-19-11-4-2-3-10(8-11)16-20(17,18)13-7-9(14)5-6-12(13)15/h2-8,16H,1H3. The van der Waals surface area contributed by atoms with Crippen molar-refractivity contribution in [2.45, 2.75) is 9.79 Å². The molecule has 0 atom stereocenters. The number of hydrogen-bond donors (Lipinski definition) is 1. The molecule has 0 fully saturated rings. The van der Waals surface area contributed by atoms with Gasteiger partial charge in [-0.2, -0.15) is 0 Å². The van der Waals surface area contributed by atoms with E-state index >= 15 is 0 Å². The Hall–Kier alpha value is -0.500. The summed E-state index contributed by atoms with van der Waals surface area (Å²) in [6.07, 6.45) is 1.94. The van der Waals surface area contributed by atoms with Crippen LogP contribution in [0.3, 0.4) is 0 Å². The van der Waals surface area contributed by atoms with Gasteiger partial charge in [0.25, 0.3) is 10.0 Å². The Labute approximate surface area is 139 Å². The fourth-order valence-electron chi connectivity index (χ4n) is 1.58. The van der Waals surface area contributed by atoms with Crippen LogP contribution in [0.5, 0.6) is 0 Å². The van der Waals surface area contributed by atoms with E-state index in [2.05, 4.69) is 36.6 Å². The number of halogens is 2. The summed E-state index contributed by atoms with van der Waals surface area (Å²) in [4.78, 5) is 1.19. The monoisotopic (exact) mass is 435 g/mol. The van der Waals surface area contributed by atoms with Crippen LogP contribution in [0, 0.1) is 0 Å². The highest BCUT2D eigenvalue weighted by Gasteiger charge is 2.18. The first-order valence-corrected chi connectivity index (χ1v) is 9.84. The Morgan fingerprint density at radius 2 is 1.85 bits per heavy atom. The van der Waals surface area contributed by atoms with Gasteiger partial charge in [0, 0.05) is 19.5 Å². The Balaban J connectivity index is 2.38. The maximum Gasteiger partial charge on any atom is 0.263 e. The highest BCUT2D eigenvalue weighted by atomic mass is 79.9. The molecule has 0 heterocycles. The second-order valence-electron chi connectivity index (χ2n) is 3.91. The van der Waals surface area contributed by atoms with Crippen molar-refractivity contribution >= 4 is 59.3 Å². The second-order valence-corrected chi connectivity index (χ2v) is 8.21. The largest absolute Gasteiger partial charge is 0.280 e. The molecule has 2 aromatic rings. The van der Waals surface area contributed by atoms with E-state index in [4.69, 9.17) is 0 Å². The second kappa shape index (κ2) is 6.51. The smallest absolute Gasteiger partial charge is 0.263 e. The van der Waals surface area contributed by atoms with Crippen molar-refractivity contribution in [1.29, 1.82) is 0 Å². The predicted molar refractivity (Wildman–Crippen MR) is 90.9 cm³/mol. The van der Waals surface area contributed by atoms with Gasteiger partial charge in [-0.05, 0) is 58.6 Å². The lowest BCUT2D eigenvalue weighted by Crippen LogP contribution is -2.13. The third kappa shape index (κ3) is 3.78. The van der Waals surface area contributed by atoms with Gasteiger partial charge in [0.05, 0.1) is 0 Å². The summed E-state index contributed by atoms with van der Waals surface area (Å²) in [5.41, 5.74) is 0.545. The molecule has 0 saturated heterocycles. The van der Waals surface area contributed by atoms with Crippen molar-refractivity contribution in [3.8, 4) is 0 Å². The van der Waals surface area contributed by atoms with Crippen LogP contribution >= 0.6 is 43.6 Å². The molecule has 20 heavy (non-hydrogen) atoms. The average molecular weight is 437 g/mol. The molecule has 7 heteroatoms. The summed E-state index contributed by atoms with van der Waals surface area (Å²) in [6.45, 7) is 0. The Bertz CT molecular complexity index is 733. The van der Waals surface area contributed by atoms with Crippen molar-refractivity contribution in [3.63, 3.8) is 0 Å². The van der Waals surface area contributed by atoms with Gasteiger partial charge in [-0.15, -0.1) is 11.8 Å². The zero-order chi connectivity index (χ0) is 14.8. The van der Waals surface area contributed by atoms with Crippen LogP contribution in [0.2, 0.25) is 0 Å². The molecule has 3 nitrogen and oxygen atoms in total. The van der Waals surface area contributed by atoms with E-state index in [-0.39, 0.29) is 4.90 Å². The van der Waals surface area contributed by atoms with Gasteiger partial charge in [0.2, 0.25) is 0 Å². The number of rotatable bonds is 4. The molecule has 0 aliphatic rings. The van der Waals surface area contributed by atoms with Crippen molar-refractivity contribution in [3.05, 3.63) is 51.4 Å². The molecule has 0 bridgehead atoms. The van der Waals surface area contributed by atoms with Crippen molar-refractivity contribution in [2.75, 3.05) is 11.0 Å². The van der Waals surface area contributed by atoms with Gasteiger partial charge in [-0.3, -0.25) is 4.72 Å². The fraction of sp³-hybridized carbons (Fsp3) is 0.0769. The summed E-state index contributed by atoms with van der Waals surface area (Å²) >= 11 is 8.10. The predicted octanol–water partition coefficient (Wildman–Crippen LogP) is 4.73. The highest BCUT2D eigenvalue weighted by molar-refractivity contribution is 9.11. The van der Waals surface area contributed by atoms with E-state index in [0.717, 1.165) is 4.90 Å². The van der Waals surface area contributed by atoms with Gasteiger partial charge in [0.15, 0.2) is 0 Å². The van der Waals surface area contributed by atoms with Crippen LogP contribution in [0.4, 0.5) is 5.69 Å². The molecule has 0 aliphatic carbocycles. The molecule has 0 amide bonds. The van der Waals surface area contributed by atoms with Gasteiger partial charge >= 0.3 is 0 Å². The maximum atomic E-state index is 12.4. The first kappa shape index (κ1) is 15.9. The van der Waals surface area contributed by atoms with Crippen molar-refractivity contribution in [2.24, 2.45) is 0 Å². The molecule has 106 valence electrons. The minimum absolute atomic E-state index is 0.196. The van der Waals surface area contributed by atoms with Crippen LogP contribution < -0.4 is 4.72 Å². The third-order valence-electron chi connectivity index (χ3n) is 2.50. The van der Waals surface area contributed by atoms with Crippen molar-refractivity contribution < 1.29 is 8.42 Å². The van der Waals surface area contributed by atoms with Crippen LogP contribution in [-0.2, 0) is 10.0 Å². The van der Waals surface area contributed by atoms with Crippen LogP contribution in [0.1, 0.15) is 0 Å². The number of anilines is 1. The topological polar surface area (TPSA) is 46.2 Å². The normalized spacial score (nSPS) is 11.3. The molecule has 0 saturated carbocycles. The molecule has 0 aliphatic heterocycles. The molecule has 0 aromatic heterocycles. The van der Waals surface area contributed by atoms with E-state index in [1.807, 2.05) is 18.4 Å². The van der Waals surface area contributed by atoms with Crippen LogP contribution in [-0.4, -0.2) is 14.7 Å². The molecule has 0 unspecified atom stereocenters. The average Bonchev–Trinajstić information content (AvgIpc) is 2.41. The fourth-order valence-corrected chi connectivity index (χ4v) is 4.59. The summed E-state index contributed by atoms with van der Waals surface area (Å²) in [5, 5.41) is 0. The van der Waals surface area contributed by atoms with Crippen LogP contribution in [0.15, 0.2) is 61.2 Å². The van der Waals surface area contributed by atoms with Gasteiger partial charge in [-0.25, -0.2) is 8.42 Å². The van der Waals surface area contributed by atoms with Gasteiger partial charge in [0.1, 0.15) is 4.90 Å². The van der Waals surface area contributed by atoms with Gasteiger partial charge < -0.3 is 0 Å².